The van der Waals surface area contributed by atoms with Gasteiger partial charge in [0, 0.05) is 36.4 Å². The monoisotopic (exact) mass is 412 g/mol. The van der Waals surface area contributed by atoms with Crippen LogP contribution in [-0.4, -0.2) is 48.7 Å². The third-order valence-electron chi connectivity index (χ3n) is 5.28. The van der Waals surface area contributed by atoms with Crippen molar-refractivity contribution < 1.29 is 23.5 Å². The summed E-state index contributed by atoms with van der Waals surface area (Å²) in [6.07, 6.45) is 1.72. The zero-order chi connectivity index (χ0) is 22.0. The van der Waals surface area contributed by atoms with Crippen LogP contribution in [0.5, 0.6) is 0 Å². The van der Waals surface area contributed by atoms with E-state index in [4.69, 9.17) is 9.47 Å². The van der Waals surface area contributed by atoms with E-state index in [1.807, 2.05) is 24.5 Å². The highest BCUT2D eigenvalue weighted by molar-refractivity contribution is 6.16. The van der Waals surface area contributed by atoms with Gasteiger partial charge in [0.15, 0.2) is 0 Å². The summed E-state index contributed by atoms with van der Waals surface area (Å²) >= 11 is 0. The smallest absolute Gasteiger partial charge is 0.340 e. The topological polar surface area (TPSA) is 60.8 Å². The predicted octanol–water partition coefficient (Wildman–Crippen LogP) is 3.55. The molecule has 1 aromatic heterocycles. The number of benzene rings is 1. The molecule has 0 atom stereocenters. The summed E-state index contributed by atoms with van der Waals surface area (Å²) in [5.74, 6) is -1.13. The van der Waals surface area contributed by atoms with E-state index in [0.717, 1.165) is 22.6 Å². The highest BCUT2D eigenvalue weighted by atomic mass is 19.1. The number of carbonyl (C=O) groups excluding carboxylic acids is 2. The zero-order valence-corrected chi connectivity index (χ0v) is 17.8. The van der Waals surface area contributed by atoms with E-state index in [2.05, 4.69) is 0 Å². The maximum Gasteiger partial charge on any atom is 0.340 e. The molecule has 0 aliphatic carbocycles. The maximum absolute atomic E-state index is 13.3. The molecule has 7 heteroatoms. The number of carbonyl (C=O) groups is 2. The second-order valence-corrected chi connectivity index (χ2v) is 7.10. The van der Waals surface area contributed by atoms with Crippen molar-refractivity contribution in [2.24, 2.45) is 0 Å². The number of ether oxygens (including phenoxy) is 2. The highest BCUT2D eigenvalue weighted by Gasteiger charge is 2.37. The van der Waals surface area contributed by atoms with Crippen molar-refractivity contribution >= 4 is 18.0 Å². The van der Waals surface area contributed by atoms with E-state index in [9.17, 15) is 14.0 Å². The number of allylic oxidation sites excluding steroid dienone is 1. The van der Waals surface area contributed by atoms with E-state index in [0.29, 0.717) is 18.8 Å². The van der Waals surface area contributed by atoms with E-state index < -0.39 is 5.97 Å². The molecule has 6 nitrogen and oxygen atoms in total. The van der Waals surface area contributed by atoms with Crippen molar-refractivity contribution in [3.05, 3.63) is 69.9 Å². The van der Waals surface area contributed by atoms with Gasteiger partial charge in [-0.2, -0.15) is 0 Å². The van der Waals surface area contributed by atoms with Crippen LogP contribution < -0.4 is 0 Å². The number of methoxy groups -OCH3 is 2. The Hall–Kier alpha value is -3.19. The van der Waals surface area contributed by atoms with Gasteiger partial charge in [0.2, 0.25) is 0 Å². The summed E-state index contributed by atoms with van der Waals surface area (Å²) in [5.41, 5.74) is 4.49. The Kier molecular flexibility index (Phi) is 6.22. The number of aryl methyl sites for hydroxylation is 1. The lowest BCUT2D eigenvalue weighted by Crippen LogP contribution is -2.28. The second kappa shape index (κ2) is 8.67. The first-order valence-electron chi connectivity index (χ1n) is 9.57. The van der Waals surface area contributed by atoms with Crippen LogP contribution in [0, 0.1) is 19.7 Å². The first kappa shape index (κ1) is 21.5. The molecule has 158 valence electrons. The molecule has 0 bridgehead atoms. The maximum atomic E-state index is 13.3. The van der Waals surface area contributed by atoms with Crippen LogP contribution in [0.3, 0.4) is 0 Å². The number of hydrogen-bond acceptors (Lipinski definition) is 4. The Bertz CT molecular complexity index is 1050. The fourth-order valence-corrected chi connectivity index (χ4v) is 3.76. The van der Waals surface area contributed by atoms with Crippen molar-refractivity contribution in [1.82, 2.24) is 9.47 Å². The fourth-order valence-electron chi connectivity index (χ4n) is 3.76. The lowest BCUT2D eigenvalue weighted by Gasteiger charge is -2.16. The first-order valence-corrected chi connectivity index (χ1v) is 9.57. The van der Waals surface area contributed by atoms with Gasteiger partial charge in [-0.05, 0) is 62.7 Å². The Morgan fingerprint density at radius 2 is 1.80 bits per heavy atom. The SMILES string of the molecule is COCCN1C(=O)C(=Cc2cc(C)n(-c3ccc(F)cc3)c2C)C(C(=O)OC)=C1C. The number of esters is 1. The Balaban J connectivity index is 2.09. The predicted molar refractivity (Wildman–Crippen MR) is 111 cm³/mol. The van der Waals surface area contributed by atoms with Gasteiger partial charge in [-0.1, -0.05) is 0 Å². The molecule has 1 amide bonds. The van der Waals surface area contributed by atoms with Gasteiger partial charge in [-0.3, -0.25) is 4.79 Å². The zero-order valence-electron chi connectivity index (χ0n) is 17.8. The molecule has 2 aromatic rings. The van der Waals surface area contributed by atoms with E-state index in [-0.39, 0.29) is 22.9 Å². The molecule has 1 aromatic carbocycles. The molecular weight excluding hydrogens is 387 g/mol. The highest BCUT2D eigenvalue weighted by Crippen LogP contribution is 2.33. The molecule has 1 aliphatic heterocycles. The lowest BCUT2D eigenvalue weighted by atomic mass is 10.0. The molecule has 0 unspecified atom stereocenters. The number of halogens is 1. The summed E-state index contributed by atoms with van der Waals surface area (Å²) in [4.78, 5) is 27.0. The van der Waals surface area contributed by atoms with Crippen LogP contribution in [0.4, 0.5) is 4.39 Å². The summed E-state index contributed by atoms with van der Waals surface area (Å²) in [6.45, 7) is 6.27. The van der Waals surface area contributed by atoms with Crippen LogP contribution >= 0.6 is 0 Å². The molecule has 1 aliphatic rings. The molecule has 3 rings (SSSR count). The van der Waals surface area contributed by atoms with Crippen LogP contribution in [-0.2, 0) is 19.1 Å². The third kappa shape index (κ3) is 3.80. The van der Waals surface area contributed by atoms with Gasteiger partial charge in [0.05, 0.1) is 24.9 Å². The standard InChI is InChI=1S/C23H25FN2O4/c1-14-12-17(15(2)26(14)19-8-6-18(24)7-9-19)13-20-21(23(28)30-5)16(3)25(22(20)27)10-11-29-4/h6-9,12-13H,10-11H2,1-5H3. The van der Waals surface area contributed by atoms with Crippen molar-refractivity contribution in [1.29, 1.82) is 0 Å². The van der Waals surface area contributed by atoms with Gasteiger partial charge in [-0.25, -0.2) is 9.18 Å². The molecular formula is C23H25FN2O4. The first-order chi connectivity index (χ1) is 14.3. The number of rotatable bonds is 6. The number of hydrogen-bond donors (Lipinski definition) is 0. The number of aromatic nitrogens is 1. The minimum absolute atomic E-state index is 0.255. The molecule has 2 heterocycles. The van der Waals surface area contributed by atoms with Crippen molar-refractivity contribution in [2.75, 3.05) is 27.4 Å². The van der Waals surface area contributed by atoms with Crippen molar-refractivity contribution in [2.45, 2.75) is 20.8 Å². The quantitative estimate of drug-likeness (QED) is 0.538. The molecule has 0 spiro atoms. The Morgan fingerprint density at radius 3 is 2.40 bits per heavy atom. The number of nitrogens with zero attached hydrogens (tertiary/aromatic N) is 2. The van der Waals surface area contributed by atoms with Crippen LogP contribution in [0.15, 0.2) is 47.2 Å². The second-order valence-electron chi connectivity index (χ2n) is 7.10. The lowest BCUT2D eigenvalue weighted by molar-refractivity contribution is -0.136. The molecule has 30 heavy (non-hydrogen) atoms. The Labute approximate surface area is 175 Å². The molecule has 0 radical (unpaired) electrons. The molecule has 0 N–H and O–H groups in total. The van der Waals surface area contributed by atoms with Gasteiger partial charge >= 0.3 is 5.97 Å². The van der Waals surface area contributed by atoms with Gasteiger partial charge in [0.25, 0.3) is 5.91 Å². The van der Waals surface area contributed by atoms with Crippen LogP contribution in [0.2, 0.25) is 0 Å². The molecule has 0 saturated carbocycles. The largest absolute Gasteiger partial charge is 0.465 e. The third-order valence-corrected chi connectivity index (χ3v) is 5.28. The van der Waals surface area contributed by atoms with Gasteiger partial charge < -0.3 is 18.9 Å². The van der Waals surface area contributed by atoms with Gasteiger partial charge in [0.1, 0.15) is 5.82 Å². The van der Waals surface area contributed by atoms with E-state index in [1.165, 1.54) is 24.1 Å². The van der Waals surface area contributed by atoms with Gasteiger partial charge in [-0.15, -0.1) is 0 Å². The molecule has 0 saturated heterocycles. The van der Waals surface area contributed by atoms with E-state index in [1.54, 1.807) is 32.2 Å². The van der Waals surface area contributed by atoms with Crippen molar-refractivity contribution in [3.8, 4) is 5.69 Å². The summed E-state index contributed by atoms with van der Waals surface area (Å²) in [6, 6.07) is 8.14. The summed E-state index contributed by atoms with van der Waals surface area (Å²) in [5, 5.41) is 0. The van der Waals surface area contributed by atoms with E-state index >= 15 is 0 Å². The summed E-state index contributed by atoms with van der Waals surface area (Å²) < 4.78 is 25.3. The minimum atomic E-state index is -0.556. The van der Waals surface area contributed by atoms with Crippen LogP contribution in [0.1, 0.15) is 23.9 Å². The average Bonchev–Trinajstić information content (AvgIpc) is 3.13. The van der Waals surface area contributed by atoms with Crippen molar-refractivity contribution in [3.63, 3.8) is 0 Å². The van der Waals surface area contributed by atoms with Crippen LogP contribution in [0.25, 0.3) is 11.8 Å². The normalized spacial score (nSPS) is 15.5. The average molecular weight is 412 g/mol. The Morgan fingerprint density at radius 1 is 1.13 bits per heavy atom. The fraction of sp³-hybridized carbons (Fsp3) is 0.304. The minimum Gasteiger partial charge on any atom is -0.465 e. The summed E-state index contributed by atoms with van der Waals surface area (Å²) in [7, 11) is 2.85. The number of amides is 1. The molecule has 0 fully saturated rings.